The highest BCUT2D eigenvalue weighted by Gasteiger charge is 2.20. The monoisotopic (exact) mass is 384 g/mol. The van der Waals surface area contributed by atoms with Crippen LogP contribution in [0.3, 0.4) is 0 Å². The number of anilines is 1. The van der Waals surface area contributed by atoms with Gasteiger partial charge in [-0.2, -0.15) is 0 Å². The first-order valence-corrected chi connectivity index (χ1v) is 9.47. The lowest BCUT2D eigenvalue weighted by Gasteiger charge is -2.16. The quantitative estimate of drug-likeness (QED) is 0.509. The molecule has 0 saturated heterocycles. The Morgan fingerprint density at radius 3 is 2.56 bits per heavy atom. The lowest BCUT2D eigenvalue weighted by molar-refractivity contribution is -0.150. The third-order valence-electron chi connectivity index (χ3n) is 3.99. The molecule has 7 heteroatoms. The minimum Gasteiger partial charge on any atom is -0.452 e. The molecule has 27 heavy (non-hydrogen) atoms. The van der Waals surface area contributed by atoms with Gasteiger partial charge in [0, 0.05) is 5.69 Å². The number of ether oxygens (including phenoxy) is 1. The number of nitrogens with one attached hydrogen (secondary N) is 1. The average molecular weight is 384 g/mol. The molecule has 0 fully saturated rings. The molecule has 3 aromatic rings. The zero-order valence-electron chi connectivity index (χ0n) is 15.3. The van der Waals surface area contributed by atoms with Crippen LogP contribution in [-0.4, -0.2) is 28.7 Å². The fraction of sp³-hybridized carbons (Fsp3) is 0.250. The van der Waals surface area contributed by atoms with E-state index in [0.29, 0.717) is 10.8 Å². The molecular formula is C20H20N2O4S. The molecular weight excluding hydrogens is 364 g/mol. The van der Waals surface area contributed by atoms with E-state index in [1.54, 1.807) is 6.92 Å². The van der Waals surface area contributed by atoms with E-state index in [1.807, 2.05) is 56.3 Å². The summed E-state index contributed by atoms with van der Waals surface area (Å²) < 4.78 is 10.8. The second kappa shape index (κ2) is 8.26. The second-order valence-corrected chi connectivity index (χ2v) is 7.05. The molecule has 2 aromatic carbocycles. The molecule has 1 atom stereocenters. The molecule has 0 saturated carbocycles. The molecule has 1 aromatic heterocycles. The van der Waals surface area contributed by atoms with E-state index in [2.05, 4.69) is 10.3 Å². The highest BCUT2D eigenvalue weighted by molar-refractivity contribution is 7.99. The summed E-state index contributed by atoms with van der Waals surface area (Å²) in [6.07, 6.45) is -0.902. The van der Waals surface area contributed by atoms with Crippen molar-refractivity contribution in [1.29, 1.82) is 0 Å². The Labute approximate surface area is 161 Å². The number of aryl methyl sites for hydroxylation is 2. The largest absolute Gasteiger partial charge is 0.452 e. The highest BCUT2D eigenvalue weighted by Crippen LogP contribution is 2.23. The molecule has 1 heterocycles. The summed E-state index contributed by atoms with van der Waals surface area (Å²) in [4.78, 5) is 28.6. The molecule has 140 valence electrons. The summed E-state index contributed by atoms with van der Waals surface area (Å²) in [5, 5.41) is 3.21. The van der Waals surface area contributed by atoms with Gasteiger partial charge in [-0.1, -0.05) is 42.1 Å². The van der Waals surface area contributed by atoms with Crippen LogP contribution in [0.5, 0.6) is 0 Å². The number of thioether (sulfide) groups is 1. The zero-order valence-corrected chi connectivity index (χ0v) is 16.1. The third kappa shape index (κ3) is 4.68. The van der Waals surface area contributed by atoms with E-state index in [-0.39, 0.29) is 11.7 Å². The third-order valence-corrected chi connectivity index (χ3v) is 4.80. The summed E-state index contributed by atoms with van der Waals surface area (Å²) in [5.74, 6) is -0.868. The molecule has 6 nitrogen and oxygen atoms in total. The summed E-state index contributed by atoms with van der Waals surface area (Å²) in [6.45, 7) is 5.37. The van der Waals surface area contributed by atoms with Crippen LogP contribution in [0.2, 0.25) is 0 Å². The van der Waals surface area contributed by atoms with Crippen molar-refractivity contribution in [3.63, 3.8) is 0 Å². The Kier molecular flexibility index (Phi) is 5.81. The Hall–Kier alpha value is -2.80. The Morgan fingerprint density at radius 1 is 1.15 bits per heavy atom. The normalized spacial score (nSPS) is 12.0. The summed E-state index contributed by atoms with van der Waals surface area (Å²) in [5.41, 5.74) is 4.04. The average Bonchev–Trinajstić information content (AvgIpc) is 3.06. The molecule has 0 bridgehead atoms. The first kappa shape index (κ1) is 19.0. The molecule has 0 spiro atoms. The predicted octanol–water partition coefficient (Wildman–Crippen LogP) is 4.11. The maximum atomic E-state index is 12.3. The molecule has 0 unspecified atom stereocenters. The van der Waals surface area contributed by atoms with Crippen LogP contribution in [0, 0.1) is 13.8 Å². The molecule has 3 rings (SSSR count). The smallest absolute Gasteiger partial charge is 0.317 e. The van der Waals surface area contributed by atoms with E-state index in [9.17, 15) is 9.59 Å². The topological polar surface area (TPSA) is 81.4 Å². The lowest BCUT2D eigenvalue weighted by Crippen LogP contribution is -2.31. The van der Waals surface area contributed by atoms with Gasteiger partial charge in [-0.05, 0) is 44.0 Å². The van der Waals surface area contributed by atoms with Gasteiger partial charge in [-0.25, -0.2) is 4.98 Å². The molecule has 1 N–H and O–H groups in total. The van der Waals surface area contributed by atoms with E-state index in [4.69, 9.17) is 9.15 Å². The summed E-state index contributed by atoms with van der Waals surface area (Å²) >= 11 is 1.13. The van der Waals surface area contributed by atoms with Crippen LogP contribution >= 0.6 is 11.8 Å². The highest BCUT2D eigenvalue weighted by atomic mass is 32.2. The Balaban J connectivity index is 1.53. The number of esters is 1. The van der Waals surface area contributed by atoms with E-state index in [1.165, 1.54) is 0 Å². The van der Waals surface area contributed by atoms with Gasteiger partial charge in [-0.3, -0.25) is 9.59 Å². The number of oxazole rings is 1. The van der Waals surface area contributed by atoms with Gasteiger partial charge >= 0.3 is 5.97 Å². The van der Waals surface area contributed by atoms with Gasteiger partial charge in [0.2, 0.25) is 0 Å². The Bertz CT molecular complexity index is 930. The number of carbonyl (C=O) groups excluding carboxylic acids is 2. The number of amides is 1. The van der Waals surface area contributed by atoms with Gasteiger partial charge in [0.25, 0.3) is 11.1 Å². The van der Waals surface area contributed by atoms with Crippen molar-refractivity contribution in [2.45, 2.75) is 32.1 Å². The van der Waals surface area contributed by atoms with Crippen molar-refractivity contribution in [2.24, 2.45) is 0 Å². The molecule has 0 aliphatic heterocycles. The van der Waals surface area contributed by atoms with Crippen LogP contribution in [0.1, 0.15) is 18.1 Å². The lowest BCUT2D eigenvalue weighted by atomic mass is 10.1. The predicted molar refractivity (Wildman–Crippen MR) is 105 cm³/mol. The standard InChI is InChI=1S/C20H20N2O4S/c1-12-7-6-8-13(2)18(12)22-19(24)14(3)25-17(23)11-27-20-21-15-9-4-5-10-16(15)26-20/h4-10,14H,11H2,1-3H3,(H,22,24)/t14-/m0/s1. The van der Waals surface area contributed by atoms with Crippen molar-refractivity contribution in [3.8, 4) is 0 Å². The number of nitrogens with zero attached hydrogens (tertiary/aromatic N) is 1. The Morgan fingerprint density at radius 2 is 1.85 bits per heavy atom. The van der Waals surface area contributed by atoms with Crippen molar-refractivity contribution in [1.82, 2.24) is 4.98 Å². The van der Waals surface area contributed by atoms with Gasteiger partial charge < -0.3 is 14.5 Å². The van der Waals surface area contributed by atoms with Crippen LogP contribution < -0.4 is 5.32 Å². The number of fused-ring (bicyclic) bond motifs is 1. The van der Waals surface area contributed by atoms with Crippen molar-refractivity contribution in [2.75, 3.05) is 11.1 Å². The van der Waals surface area contributed by atoms with Crippen LogP contribution in [0.15, 0.2) is 52.1 Å². The molecule has 1 amide bonds. The number of rotatable bonds is 6. The van der Waals surface area contributed by atoms with Crippen molar-refractivity contribution >= 4 is 40.4 Å². The number of carbonyl (C=O) groups is 2. The van der Waals surface area contributed by atoms with Crippen molar-refractivity contribution in [3.05, 3.63) is 53.6 Å². The number of hydrogen-bond donors (Lipinski definition) is 1. The second-order valence-electron chi connectivity index (χ2n) is 6.12. The van der Waals surface area contributed by atoms with Crippen LogP contribution in [0.25, 0.3) is 11.1 Å². The maximum Gasteiger partial charge on any atom is 0.317 e. The van der Waals surface area contributed by atoms with Crippen LogP contribution in [0.4, 0.5) is 5.69 Å². The minimum atomic E-state index is -0.902. The van der Waals surface area contributed by atoms with Gasteiger partial charge in [0.1, 0.15) is 11.3 Å². The first-order valence-electron chi connectivity index (χ1n) is 8.49. The van der Waals surface area contributed by atoms with Gasteiger partial charge in [0.15, 0.2) is 11.7 Å². The maximum absolute atomic E-state index is 12.3. The fourth-order valence-electron chi connectivity index (χ4n) is 2.55. The first-order chi connectivity index (χ1) is 12.9. The van der Waals surface area contributed by atoms with E-state index in [0.717, 1.165) is 34.1 Å². The van der Waals surface area contributed by atoms with Crippen molar-refractivity contribution < 1.29 is 18.7 Å². The number of aromatic nitrogens is 1. The number of benzene rings is 2. The zero-order chi connectivity index (χ0) is 19.4. The fourth-order valence-corrected chi connectivity index (χ4v) is 3.18. The van der Waals surface area contributed by atoms with E-state index >= 15 is 0 Å². The molecule has 0 radical (unpaired) electrons. The minimum absolute atomic E-state index is 0.00777. The van der Waals surface area contributed by atoms with Gasteiger partial charge in [0.05, 0.1) is 0 Å². The summed E-state index contributed by atoms with van der Waals surface area (Å²) in [6, 6.07) is 13.1. The van der Waals surface area contributed by atoms with Gasteiger partial charge in [-0.15, -0.1) is 0 Å². The van der Waals surface area contributed by atoms with Crippen LogP contribution in [-0.2, 0) is 14.3 Å². The molecule has 0 aliphatic carbocycles. The number of para-hydroxylation sites is 3. The van der Waals surface area contributed by atoms with E-state index < -0.39 is 12.1 Å². The molecule has 0 aliphatic rings. The SMILES string of the molecule is Cc1cccc(C)c1NC(=O)[C@H](C)OC(=O)CSc1nc2ccccc2o1. The summed E-state index contributed by atoms with van der Waals surface area (Å²) in [7, 11) is 0. The number of hydrogen-bond acceptors (Lipinski definition) is 6.